The van der Waals surface area contributed by atoms with Gasteiger partial charge < -0.3 is 25.3 Å². The molecule has 2 unspecified atom stereocenters. The van der Waals surface area contributed by atoms with Gasteiger partial charge in [0.15, 0.2) is 0 Å². The van der Waals surface area contributed by atoms with Crippen LogP contribution in [0.5, 0.6) is 0 Å². The highest BCUT2D eigenvalue weighted by molar-refractivity contribution is 5.97. The number of nitrogens with zero attached hydrogens (tertiary/aromatic N) is 4. The molecule has 0 heterocycles. The summed E-state index contributed by atoms with van der Waals surface area (Å²) in [5, 5.41) is 25.7. The van der Waals surface area contributed by atoms with E-state index >= 15 is 0 Å². The lowest BCUT2D eigenvalue weighted by Crippen LogP contribution is -2.46. The van der Waals surface area contributed by atoms with Crippen LogP contribution in [0.1, 0.15) is 64.4 Å². The number of likely N-dealkylation sites (N-methyl/N-ethyl adjacent to an activating group) is 1. The Kier molecular flexibility index (Phi) is 9.66. The van der Waals surface area contributed by atoms with Gasteiger partial charge in [0, 0.05) is 64.8 Å². The van der Waals surface area contributed by atoms with Gasteiger partial charge in [0.1, 0.15) is 11.9 Å². The highest BCUT2D eigenvalue weighted by Gasteiger charge is 2.43. The van der Waals surface area contributed by atoms with Crippen LogP contribution in [-0.2, 0) is 18.3 Å². The van der Waals surface area contributed by atoms with Crippen LogP contribution >= 0.6 is 0 Å². The molecule has 2 atom stereocenters. The Bertz CT molecular complexity index is 1380. The van der Waals surface area contributed by atoms with Crippen molar-refractivity contribution in [3.05, 3.63) is 88.6 Å². The summed E-state index contributed by atoms with van der Waals surface area (Å²) in [5.41, 5.74) is 7.25. The van der Waals surface area contributed by atoms with Crippen LogP contribution in [0.15, 0.2) is 55.3 Å². The van der Waals surface area contributed by atoms with E-state index in [-0.39, 0.29) is 11.9 Å². The molecule has 0 spiro atoms. The summed E-state index contributed by atoms with van der Waals surface area (Å²) in [6.45, 7) is 11.7. The third-order valence-corrected chi connectivity index (χ3v) is 8.91. The van der Waals surface area contributed by atoms with Crippen LogP contribution in [0.4, 0.5) is 0 Å². The third-order valence-electron chi connectivity index (χ3n) is 8.91. The van der Waals surface area contributed by atoms with Crippen molar-refractivity contribution in [1.29, 1.82) is 10.7 Å². The Morgan fingerprint density at radius 2 is 1.63 bits per heavy atom. The number of hydrogen-bond donors (Lipinski definition) is 3. The Morgan fingerprint density at radius 3 is 2.14 bits per heavy atom. The first-order chi connectivity index (χ1) is 20.5. The highest BCUT2D eigenvalue weighted by atomic mass is 16.2. The van der Waals surface area contributed by atoms with E-state index in [4.69, 9.17) is 0 Å². The fraction of sp³-hybridized carbons (Fsp3) is 0.457. The minimum atomic E-state index is -0.752. The molecule has 0 aromatic heterocycles. The maximum Gasteiger partial charge on any atom is 0.253 e. The number of nitrogens with one attached hydrogen (secondary N) is 3. The number of amides is 1. The number of hydrogen-bond acceptors (Lipinski definition) is 6. The number of benzene rings is 2. The zero-order chi connectivity index (χ0) is 31.5. The molecule has 1 amide bonds. The summed E-state index contributed by atoms with van der Waals surface area (Å²) in [4.78, 5) is 18.7. The maximum atomic E-state index is 12.9. The van der Waals surface area contributed by atoms with Crippen LogP contribution in [-0.4, -0.2) is 86.9 Å². The fourth-order valence-corrected chi connectivity index (χ4v) is 6.42. The number of carbonyl (C=O) groups excluding carboxylic acids is 1. The van der Waals surface area contributed by atoms with Gasteiger partial charge in [0.2, 0.25) is 0 Å². The summed E-state index contributed by atoms with van der Waals surface area (Å²) >= 11 is 0. The van der Waals surface area contributed by atoms with Gasteiger partial charge >= 0.3 is 0 Å². The SMILES string of the molecule is C=C(c1ccc2c(c1)CCc1cc(C(=O)N(C)C)ccc1C2(CCNCC(=C)N(C(C)C#N)C1CC1)C(=N)NC)N(C)C. The monoisotopic (exact) mass is 581 g/mol. The van der Waals surface area contributed by atoms with Gasteiger partial charge in [-0.2, -0.15) is 5.26 Å². The van der Waals surface area contributed by atoms with Crippen molar-refractivity contribution in [2.75, 3.05) is 48.3 Å². The van der Waals surface area contributed by atoms with Gasteiger partial charge in [-0.25, -0.2) is 0 Å². The summed E-state index contributed by atoms with van der Waals surface area (Å²) in [5.74, 6) is 0.386. The quantitative estimate of drug-likeness (QED) is 0.196. The van der Waals surface area contributed by atoms with Gasteiger partial charge in [0.05, 0.1) is 11.5 Å². The van der Waals surface area contributed by atoms with Crippen LogP contribution in [0, 0.1) is 16.7 Å². The van der Waals surface area contributed by atoms with Crippen molar-refractivity contribution < 1.29 is 4.79 Å². The van der Waals surface area contributed by atoms with E-state index < -0.39 is 5.41 Å². The molecule has 0 bridgehead atoms. The molecule has 2 aliphatic rings. The van der Waals surface area contributed by atoms with Gasteiger partial charge in [-0.3, -0.25) is 10.2 Å². The number of fused-ring (bicyclic) bond motifs is 2. The van der Waals surface area contributed by atoms with Gasteiger partial charge in [-0.1, -0.05) is 31.4 Å². The Balaban J connectivity index is 1.75. The maximum absolute atomic E-state index is 12.9. The molecular weight excluding hydrogens is 534 g/mol. The molecule has 1 fully saturated rings. The van der Waals surface area contributed by atoms with E-state index in [1.54, 1.807) is 19.0 Å². The zero-order valence-corrected chi connectivity index (χ0v) is 26.7. The van der Waals surface area contributed by atoms with Crippen molar-refractivity contribution in [2.24, 2.45) is 0 Å². The molecule has 3 N–H and O–H groups in total. The minimum absolute atomic E-state index is 0.0320. The molecule has 228 valence electrons. The summed E-state index contributed by atoms with van der Waals surface area (Å²) in [7, 11) is 9.34. The molecule has 0 saturated heterocycles. The normalized spacial score (nSPS) is 17.8. The van der Waals surface area contributed by atoms with E-state index in [0.717, 1.165) is 59.3 Å². The second kappa shape index (κ2) is 13.0. The van der Waals surface area contributed by atoms with Gasteiger partial charge in [0.25, 0.3) is 5.91 Å². The first-order valence-electron chi connectivity index (χ1n) is 15.1. The Labute approximate surface area is 257 Å². The standard InChI is InChI=1S/C35H47N7O/c1-23(21-36)42(30-13-14-30)24(2)22-39-18-17-35(34(37)38-4)31-15-11-26(25(3)40(5)6)19-27(31)9-10-28-20-29(12-16-32(28)35)33(43)41(7)8/h11-12,15-16,19-20,23,30,39H,2-3,9-10,13-14,17-18,22H2,1,4-8H3,(H2,37,38). The van der Waals surface area contributed by atoms with E-state index in [0.29, 0.717) is 37.0 Å². The second-order valence-electron chi connectivity index (χ2n) is 12.3. The van der Waals surface area contributed by atoms with E-state index in [2.05, 4.69) is 59.0 Å². The molecule has 1 saturated carbocycles. The number of nitriles is 1. The number of aryl methyl sites for hydroxylation is 2. The van der Waals surface area contributed by atoms with Crippen LogP contribution in [0.3, 0.4) is 0 Å². The number of amidine groups is 1. The van der Waals surface area contributed by atoms with Crippen molar-refractivity contribution in [1.82, 2.24) is 25.3 Å². The molecule has 43 heavy (non-hydrogen) atoms. The lowest BCUT2D eigenvalue weighted by molar-refractivity contribution is 0.0827. The topological polar surface area (TPSA) is 98.5 Å². The average Bonchev–Trinajstić information content (AvgIpc) is 3.85. The molecule has 2 aromatic carbocycles. The van der Waals surface area contributed by atoms with Crippen LogP contribution < -0.4 is 10.6 Å². The largest absolute Gasteiger partial charge is 0.378 e. The lowest BCUT2D eigenvalue weighted by atomic mass is 9.68. The lowest BCUT2D eigenvalue weighted by Gasteiger charge is -2.38. The van der Waals surface area contributed by atoms with E-state index in [1.165, 1.54) is 5.56 Å². The predicted octanol–water partition coefficient (Wildman–Crippen LogP) is 4.37. The Morgan fingerprint density at radius 1 is 1.05 bits per heavy atom. The molecule has 8 heteroatoms. The van der Waals surface area contributed by atoms with E-state index in [1.807, 2.05) is 45.1 Å². The molecule has 8 nitrogen and oxygen atoms in total. The minimum Gasteiger partial charge on any atom is -0.378 e. The number of carbonyl (C=O) groups is 1. The van der Waals surface area contributed by atoms with E-state index in [9.17, 15) is 15.5 Å². The van der Waals surface area contributed by atoms with Gasteiger partial charge in [-0.15, -0.1) is 0 Å². The van der Waals surface area contributed by atoms with Crippen molar-refractivity contribution in [2.45, 2.75) is 56.5 Å². The average molecular weight is 582 g/mol. The molecule has 0 aliphatic heterocycles. The zero-order valence-electron chi connectivity index (χ0n) is 26.7. The van der Waals surface area contributed by atoms with Gasteiger partial charge in [-0.05, 0) is 91.6 Å². The first-order valence-corrected chi connectivity index (χ1v) is 15.1. The number of rotatable bonds is 12. The van der Waals surface area contributed by atoms with Crippen LogP contribution in [0.25, 0.3) is 5.70 Å². The smallest absolute Gasteiger partial charge is 0.253 e. The molecular formula is C35H47N7O. The van der Waals surface area contributed by atoms with Crippen molar-refractivity contribution in [3.8, 4) is 6.07 Å². The summed E-state index contributed by atoms with van der Waals surface area (Å²) in [6.07, 6.45) is 4.39. The second-order valence-corrected chi connectivity index (χ2v) is 12.3. The highest BCUT2D eigenvalue weighted by Crippen LogP contribution is 2.44. The van der Waals surface area contributed by atoms with Crippen LogP contribution in [0.2, 0.25) is 0 Å². The van der Waals surface area contributed by atoms with Crippen molar-refractivity contribution >= 4 is 17.4 Å². The molecule has 2 aliphatic carbocycles. The molecule has 4 rings (SSSR count). The van der Waals surface area contributed by atoms with Crippen molar-refractivity contribution in [3.63, 3.8) is 0 Å². The predicted molar refractivity (Wildman–Crippen MR) is 175 cm³/mol. The molecule has 0 radical (unpaired) electrons. The third kappa shape index (κ3) is 6.33. The summed E-state index contributed by atoms with van der Waals surface area (Å²) < 4.78 is 0. The fourth-order valence-electron chi connectivity index (χ4n) is 6.42. The Hall–Kier alpha value is -4.09. The summed E-state index contributed by atoms with van der Waals surface area (Å²) in [6, 6.07) is 15.0. The first kappa shape index (κ1) is 31.8. The molecule has 2 aromatic rings.